The molecule has 1 saturated carbocycles. The Morgan fingerprint density at radius 2 is 2.14 bits per heavy atom. The summed E-state index contributed by atoms with van der Waals surface area (Å²) in [5, 5.41) is 0.983. The molecule has 4 rings (SSSR count). The maximum atomic E-state index is 12.4. The molecule has 1 aliphatic heterocycles. The first kappa shape index (κ1) is 19.1. The van der Waals surface area contributed by atoms with E-state index < -0.39 is 10.0 Å². The molecule has 0 atom stereocenters. The molecule has 0 bridgehead atoms. The second kappa shape index (κ2) is 6.70. The number of sulfonamides is 1. The summed E-state index contributed by atoms with van der Waals surface area (Å²) >= 11 is 0. The number of amides is 1. The standard InChI is InChI=1S/C20H26N4O3S/c1-4-28(26,27)23-10-8-17(20(2,3)12-23)16-11-18(24(13-25)14-5-6-14)22-19-15(16)7-9-21-19/h7-9,11,13-14H,4-6,10,12H2,1-3H3,(H,21,22). The lowest BCUT2D eigenvalue weighted by atomic mass is 9.77. The van der Waals surface area contributed by atoms with Gasteiger partial charge in [0.2, 0.25) is 16.4 Å². The van der Waals surface area contributed by atoms with Crippen molar-refractivity contribution in [3.63, 3.8) is 0 Å². The number of aromatic nitrogens is 2. The normalized spacial score (nSPS) is 20.2. The third-order valence-corrected chi connectivity index (χ3v) is 7.48. The molecule has 1 fully saturated rings. The van der Waals surface area contributed by atoms with E-state index >= 15 is 0 Å². The Hall–Kier alpha value is -2.19. The molecule has 150 valence electrons. The van der Waals surface area contributed by atoms with E-state index in [0.717, 1.165) is 41.4 Å². The van der Waals surface area contributed by atoms with Crippen molar-refractivity contribution >= 4 is 38.9 Å². The Kier molecular flexibility index (Phi) is 4.58. The predicted molar refractivity (Wildman–Crippen MR) is 110 cm³/mol. The minimum absolute atomic E-state index is 0.101. The van der Waals surface area contributed by atoms with Crippen LogP contribution in [-0.4, -0.2) is 54.0 Å². The van der Waals surface area contributed by atoms with Crippen molar-refractivity contribution < 1.29 is 13.2 Å². The Bertz CT molecular complexity index is 1050. The number of pyridine rings is 1. The Morgan fingerprint density at radius 3 is 2.75 bits per heavy atom. The maximum Gasteiger partial charge on any atom is 0.215 e. The van der Waals surface area contributed by atoms with Crippen LogP contribution in [0.5, 0.6) is 0 Å². The number of aromatic amines is 1. The van der Waals surface area contributed by atoms with Gasteiger partial charge in [-0.15, -0.1) is 0 Å². The van der Waals surface area contributed by atoms with Crippen LogP contribution in [0.4, 0.5) is 5.82 Å². The van der Waals surface area contributed by atoms with Crippen LogP contribution in [0.2, 0.25) is 0 Å². The van der Waals surface area contributed by atoms with Crippen LogP contribution in [-0.2, 0) is 14.8 Å². The molecule has 2 aromatic heterocycles. The molecule has 8 heteroatoms. The number of rotatable bonds is 6. The number of nitrogens with one attached hydrogen (secondary N) is 1. The van der Waals surface area contributed by atoms with E-state index in [2.05, 4.69) is 23.8 Å². The third-order valence-electron chi connectivity index (χ3n) is 5.68. The van der Waals surface area contributed by atoms with Gasteiger partial charge in [-0.05, 0) is 43.0 Å². The quantitative estimate of drug-likeness (QED) is 0.753. The van der Waals surface area contributed by atoms with Gasteiger partial charge in [-0.25, -0.2) is 13.4 Å². The van der Waals surface area contributed by atoms with E-state index in [1.54, 1.807) is 16.1 Å². The van der Waals surface area contributed by atoms with Gasteiger partial charge in [-0.3, -0.25) is 9.69 Å². The molecule has 1 amide bonds. The molecule has 7 nitrogen and oxygen atoms in total. The summed E-state index contributed by atoms with van der Waals surface area (Å²) in [5.41, 5.74) is 2.46. The molecular weight excluding hydrogens is 376 g/mol. The maximum absolute atomic E-state index is 12.4. The van der Waals surface area contributed by atoms with E-state index in [-0.39, 0.29) is 17.2 Å². The molecule has 0 aromatic carbocycles. The summed E-state index contributed by atoms with van der Waals surface area (Å²) in [6.45, 7) is 6.59. The van der Waals surface area contributed by atoms with Gasteiger partial charge in [-0.2, -0.15) is 4.31 Å². The topological polar surface area (TPSA) is 86.4 Å². The Balaban J connectivity index is 1.82. The van der Waals surface area contributed by atoms with E-state index in [0.29, 0.717) is 18.9 Å². The van der Waals surface area contributed by atoms with Crippen LogP contribution in [0.3, 0.4) is 0 Å². The zero-order valence-electron chi connectivity index (χ0n) is 16.5. The molecule has 0 spiro atoms. The highest BCUT2D eigenvalue weighted by molar-refractivity contribution is 7.89. The number of hydrogen-bond acceptors (Lipinski definition) is 4. The molecule has 0 saturated heterocycles. The lowest BCUT2D eigenvalue weighted by Crippen LogP contribution is -2.43. The van der Waals surface area contributed by atoms with Crippen molar-refractivity contribution in [3.8, 4) is 0 Å². The Morgan fingerprint density at radius 1 is 1.39 bits per heavy atom. The molecule has 2 aromatic rings. The molecule has 1 N–H and O–H groups in total. The van der Waals surface area contributed by atoms with E-state index in [9.17, 15) is 13.2 Å². The highest BCUT2D eigenvalue weighted by Gasteiger charge is 2.37. The third kappa shape index (κ3) is 3.24. The predicted octanol–water partition coefficient (Wildman–Crippen LogP) is 2.76. The molecular formula is C20H26N4O3S. The summed E-state index contributed by atoms with van der Waals surface area (Å²) in [6, 6.07) is 4.18. The van der Waals surface area contributed by atoms with Gasteiger partial charge < -0.3 is 4.98 Å². The second-order valence-electron chi connectivity index (χ2n) is 8.21. The monoisotopic (exact) mass is 402 g/mol. The summed E-state index contributed by atoms with van der Waals surface area (Å²) in [5.74, 6) is 0.742. The van der Waals surface area contributed by atoms with Crippen LogP contribution >= 0.6 is 0 Å². The fourth-order valence-corrected chi connectivity index (χ4v) is 5.17. The second-order valence-corrected chi connectivity index (χ2v) is 10.5. The average Bonchev–Trinajstić information content (AvgIpc) is 3.37. The molecule has 1 aliphatic carbocycles. The molecule has 0 unspecified atom stereocenters. The Labute approximate surface area is 165 Å². The van der Waals surface area contributed by atoms with Crippen molar-refractivity contribution in [2.45, 2.75) is 39.7 Å². The van der Waals surface area contributed by atoms with Gasteiger partial charge >= 0.3 is 0 Å². The van der Waals surface area contributed by atoms with Crippen LogP contribution in [0, 0.1) is 5.41 Å². The smallest absolute Gasteiger partial charge is 0.215 e. The number of fused-ring (bicyclic) bond motifs is 1. The first-order valence-electron chi connectivity index (χ1n) is 9.67. The zero-order valence-corrected chi connectivity index (χ0v) is 17.3. The number of nitrogens with zero attached hydrogens (tertiary/aromatic N) is 3. The van der Waals surface area contributed by atoms with Gasteiger partial charge in [0.05, 0.1) is 5.75 Å². The minimum Gasteiger partial charge on any atom is -0.346 e. The first-order valence-corrected chi connectivity index (χ1v) is 11.3. The van der Waals surface area contributed by atoms with E-state index in [1.165, 1.54) is 0 Å². The number of carbonyl (C=O) groups is 1. The largest absolute Gasteiger partial charge is 0.346 e. The van der Waals surface area contributed by atoms with E-state index in [4.69, 9.17) is 0 Å². The molecule has 2 aliphatic rings. The first-order chi connectivity index (χ1) is 13.3. The fraction of sp³-hybridized carbons (Fsp3) is 0.500. The van der Waals surface area contributed by atoms with Gasteiger partial charge in [-0.1, -0.05) is 19.9 Å². The fourth-order valence-electron chi connectivity index (χ4n) is 3.99. The average molecular weight is 403 g/mol. The number of carbonyl (C=O) groups excluding carboxylic acids is 1. The number of H-pyrrole nitrogens is 1. The van der Waals surface area contributed by atoms with Gasteiger partial charge in [0.15, 0.2) is 0 Å². The SMILES string of the molecule is CCS(=O)(=O)N1CC=C(c2cc(N(C=O)C3CC3)nc3[nH]ccc23)C(C)(C)C1. The highest BCUT2D eigenvalue weighted by atomic mass is 32.2. The molecule has 0 radical (unpaired) electrons. The van der Waals surface area contributed by atoms with Crippen molar-refractivity contribution in [2.75, 3.05) is 23.7 Å². The summed E-state index contributed by atoms with van der Waals surface area (Å²) in [4.78, 5) is 21.2. The molecule has 3 heterocycles. The van der Waals surface area contributed by atoms with Gasteiger partial charge in [0.25, 0.3) is 0 Å². The minimum atomic E-state index is -3.24. The van der Waals surface area contributed by atoms with E-state index in [1.807, 2.05) is 24.4 Å². The van der Waals surface area contributed by atoms with Crippen molar-refractivity contribution in [1.29, 1.82) is 0 Å². The van der Waals surface area contributed by atoms with Crippen molar-refractivity contribution in [2.24, 2.45) is 5.41 Å². The summed E-state index contributed by atoms with van der Waals surface area (Å²) < 4.78 is 26.3. The van der Waals surface area contributed by atoms with Crippen LogP contribution in [0.1, 0.15) is 39.2 Å². The lowest BCUT2D eigenvalue weighted by molar-refractivity contribution is -0.107. The van der Waals surface area contributed by atoms with Crippen LogP contribution in [0.15, 0.2) is 24.4 Å². The van der Waals surface area contributed by atoms with Gasteiger partial charge in [0.1, 0.15) is 11.5 Å². The van der Waals surface area contributed by atoms with Crippen LogP contribution in [0.25, 0.3) is 16.6 Å². The summed E-state index contributed by atoms with van der Waals surface area (Å²) in [6.07, 6.45) is 6.70. The van der Waals surface area contributed by atoms with Crippen molar-refractivity contribution in [1.82, 2.24) is 14.3 Å². The highest BCUT2D eigenvalue weighted by Crippen LogP contribution is 2.42. The van der Waals surface area contributed by atoms with Crippen molar-refractivity contribution in [3.05, 3.63) is 30.0 Å². The van der Waals surface area contributed by atoms with Gasteiger partial charge in [0, 0.05) is 36.1 Å². The summed E-state index contributed by atoms with van der Waals surface area (Å²) in [7, 11) is -3.24. The van der Waals surface area contributed by atoms with Crippen LogP contribution < -0.4 is 4.90 Å². The number of anilines is 1. The lowest BCUT2D eigenvalue weighted by Gasteiger charge is -2.38. The zero-order chi connectivity index (χ0) is 20.1. The molecule has 28 heavy (non-hydrogen) atoms. The number of hydrogen-bond donors (Lipinski definition) is 1.